The molecule has 0 aliphatic rings. The summed E-state index contributed by atoms with van der Waals surface area (Å²) >= 11 is 0. The quantitative estimate of drug-likeness (QED) is 0.634. The summed E-state index contributed by atoms with van der Waals surface area (Å²) in [6, 6.07) is 2.28. The van der Waals surface area contributed by atoms with Crippen molar-refractivity contribution in [2.75, 3.05) is 0 Å². The van der Waals surface area contributed by atoms with Crippen molar-refractivity contribution in [1.29, 1.82) is 0 Å². The molecule has 1 nitrogen and oxygen atoms in total. The second kappa shape index (κ2) is 3.70. The van der Waals surface area contributed by atoms with E-state index in [1.165, 1.54) is 6.07 Å². The third-order valence-corrected chi connectivity index (χ3v) is 1.83. The van der Waals surface area contributed by atoms with Gasteiger partial charge in [0.1, 0.15) is 5.69 Å². The van der Waals surface area contributed by atoms with Crippen LogP contribution in [-0.2, 0) is 6.18 Å². The maximum Gasteiger partial charge on any atom is 0.433 e. The van der Waals surface area contributed by atoms with Crippen molar-refractivity contribution in [2.24, 2.45) is 0 Å². The zero-order chi connectivity index (χ0) is 10.8. The zero-order valence-corrected chi connectivity index (χ0v) is 7.47. The molecule has 1 unspecified atom stereocenters. The van der Waals surface area contributed by atoms with Gasteiger partial charge in [-0.05, 0) is 18.6 Å². The van der Waals surface area contributed by atoms with Gasteiger partial charge in [-0.2, -0.15) is 13.2 Å². The van der Waals surface area contributed by atoms with Crippen molar-refractivity contribution in [2.45, 2.75) is 19.0 Å². The minimum Gasteiger partial charge on any atom is -0.251 e. The Morgan fingerprint density at radius 2 is 2.07 bits per heavy atom. The molecule has 1 atom stereocenters. The van der Waals surface area contributed by atoms with Crippen LogP contribution in [0.2, 0.25) is 0 Å². The van der Waals surface area contributed by atoms with Crippen LogP contribution in [0, 0.1) is 12.3 Å². The van der Waals surface area contributed by atoms with Crippen molar-refractivity contribution in [3.05, 3.63) is 29.6 Å². The Kier molecular flexibility index (Phi) is 2.80. The molecule has 0 spiro atoms. The van der Waals surface area contributed by atoms with Gasteiger partial charge in [-0.3, -0.25) is 4.98 Å². The van der Waals surface area contributed by atoms with E-state index in [0.717, 1.165) is 12.3 Å². The summed E-state index contributed by atoms with van der Waals surface area (Å²) in [5, 5.41) is 0. The molecule has 0 saturated carbocycles. The summed E-state index contributed by atoms with van der Waals surface area (Å²) in [6.07, 6.45) is 1.90. The first-order chi connectivity index (χ1) is 6.45. The van der Waals surface area contributed by atoms with Gasteiger partial charge in [0, 0.05) is 12.1 Å². The van der Waals surface area contributed by atoms with Crippen LogP contribution in [-0.4, -0.2) is 4.98 Å². The number of pyridine rings is 1. The first-order valence-corrected chi connectivity index (χ1v) is 3.94. The minimum atomic E-state index is -4.39. The van der Waals surface area contributed by atoms with Crippen LogP contribution in [0.5, 0.6) is 0 Å². The van der Waals surface area contributed by atoms with Gasteiger partial charge in [0.25, 0.3) is 0 Å². The van der Waals surface area contributed by atoms with Gasteiger partial charge in [-0.15, -0.1) is 6.42 Å². The average molecular weight is 199 g/mol. The fourth-order valence-electron chi connectivity index (χ4n) is 0.925. The fraction of sp³-hybridized carbons (Fsp3) is 0.300. The highest BCUT2D eigenvalue weighted by Crippen LogP contribution is 2.27. The van der Waals surface area contributed by atoms with Crippen LogP contribution in [0.25, 0.3) is 0 Å². The molecule has 1 heterocycles. The lowest BCUT2D eigenvalue weighted by molar-refractivity contribution is -0.141. The molecule has 0 aromatic carbocycles. The van der Waals surface area contributed by atoms with E-state index in [-0.39, 0.29) is 5.92 Å². The van der Waals surface area contributed by atoms with E-state index < -0.39 is 11.9 Å². The predicted molar refractivity (Wildman–Crippen MR) is 46.5 cm³/mol. The van der Waals surface area contributed by atoms with Gasteiger partial charge in [-0.25, -0.2) is 0 Å². The summed E-state index contributed by atoms with van der Waals surface area (Å²) in [6.45, 7) is 1.73. The van der Waals surface area contributed by atoms with Gasteiger partial charge in [0.05, 0.1) is 0 Å². The Morgan fingerprint density at radius 1 is 1.43 bits per heavy atom. The Morgan fingerprint density at radius 3 is 2.43 bits per heavy atom. The summed E-state index contributed by atoms with van der Waals surface area (Å²) in [4.78, 5) is 3.30. The second-order valence-corrected chi connectivity index (χ2v) is 2.86. The topological polar surface area (TPSA) is 12.9 Å². The Hall–Kier alpha value is -1.50. The van der Waals surface area contributed by atoms with Crippen molar-refractivity contribution >= 4 is 0 Å². The van der Waals surface area contributed by atoms with E-state index in [1.54, 1.807) is 6.92 Å². The monoisotopic (exact) mass is 199 g/mol. The lowest BCUT2D eigenvalue weighted by Crippen LogP contribution is -2.08. The normalized spacial score (nSPS) is 13.4. The number of rotatable bonds is 1. The highest BCUT2D eigenvalue weighted by Gasteiger charge is 2.32. The van der Waals surface area contributed by atoms with Gasteiger partial charge >= 0.3 is 6.18 Å². The third-order valence-electron chi connectivity index (χ3n) is 1.83. The van der Waals surface area contributed by atoms with E-state index in [1.807, 2.05) is 0 Å². The van der Waals surface area contributed by atoms with Crippen molar-refractivity contribution in [1.82, 2.24) is 4.98 Å². The fourth-order valence-corrected chi connectivity index (χ4v) is 0.925. The number of aromatic nitrogens is 1. The summed E-state index contributed by atoms with van der Waals surface area (Å²) in [7, 11) is 0. The molecular formula is C10H8F3N. The van der Waals surface area contributed by atoms with E-state index >= 15 is 0 Å². The van der Waals surface area contributed by atoms with E-state index in [0.29, 0.717) is 5.56 Å². The molecule has 1 aromatic rings. The number of nitrogens with zero attached hydrogens (tertiary/aromatic N) is 1. The molecule has 4 heteroatoms. The third kappa shape index (κ3) is 2.25. The molecule has 0 aliphatic heterocycles. The van der Waals surface area contributed by atoms with Crippen LogP contribution in [0.15, 0.2) is 18.3 Å². The molecule has 0 N–H and O–H groups in total. The first kappa shape index (κ1) is 10.6. The molecule has 0 bridgehead atoms. The lowest BCUT2D eigenvalue weighted by atomic mass is 10.0. The van der Waals surface area contributed by atoms with Crippen LogP contribution < -0.4 is 0 Å². The molecule has 0 saturated heterocycles. The van der Waals surface area contributed by atoms with Gasteiger partial charge in [-0.1, -0.05) is 12.0 Å². The lowest BCUT2D eigenvalue weighted by Gasteiger charge is -2.07. The van der Waals surface area contributed by atoms with E-state index in [9.17, 15) is 13.2 Å². The van der Waals surface area contributed by atoms with Gasteiger partial charge in [0.15, 0.2) is 0 Å². The molecule has 0 aliphatic carbocycles. The highest BCUT2D eigenvalue weighted by atomic mass is 19.4. The van der Waals surface area contributed by atoms with Gasteiger partial charge in [0.2, 0.25) is 0 Å². The smallest absolute Gasteiger partial charge is 0.251 e. The predicted octanol–water partition coefficient (Wildman–Crippen LogP) is 2.84. The molecular weight excluding hydrogens is 191 g/mol. The molecule has 1 rings (SSSR count). The standard InChI is InChI=1S/C10H8F3N/c1-3-7(2)8-4-5-9(14-6-8)10(11,12)13/h1,4-7H,2H3. The number of hydrogen-bond acceptors (Lipinski definition) is 1. The van der Waals surface area contributed by atoms with Crippen LogP contribution in [0.4, 0.5) is 13.2 Å². The van der Waals surface area contributed by atoms with Crippen molar-refractivity contribution in [3.63, 3.8) is 0 Å². The molecule has 0 fully saturated rings. The molecule has 74 valence electrons. The zero-order valence-electron chi connectivity index (χ0n) is 7.47. The number of halogens is 3. The van der Waals surface area contributed by atoms with Gasteiger partial charge < -0.3 is 0 Å². The second-order valence-electron chi connectivity index (χ2n) is 2.86. The SMILES string of the molecule is C#CC(C)c1ccc(C(F)(F)F)nc1. The van der Waals surface area contributed by atoms with Crippen LogP contribution in [0.3, 0.4) is 0 Å². The highest BCUT2D eigenvalue weighted by molar-refractivity contribution is 5.24. The number of alkyl halides is 3. The first-order valence-electron chi connectivity index (χ1n) is 3.94. The summed E-state index contributed by atoms with van der Waals surface area (Å²) in [5.74, 6) is 2.20. The molecule has 14 heavy (non-hydrogen) atoms. The Bertz CT molecular complexity index is 345. The maximum absolute atomic E-state index is 12.1. The van der Waals surface area contributed by atoms with Crippen molar-refractivity contribution in [3.8, 4) is 12.3 Å². The van der Waals surface area contributed by atoms with Crippen LogP contribution >= 0.6 is 0 Å². The summed E-state index contributed by atoms with van der Waals surface area (Å²) in [5.41, 5.74) is -0.286. The largest absolute Gasteiger partial charge is 0.433 e. The number of hydrogen-bond donors (Lipinski definition) is 0. The average Bonchev–Trinajstić information content (AvgIpc) is 2.15. The van der Waals surface area contributed by atoms with Crippen molar-refractivity contribution < 1.29 is 13.2 Å². The molecule has 1 aromatic heterocycles. The maximum atomic E-state index is 12.1. The number of terminal acetylenes is 1. The molecule has 0 radical (unpaired) electrons. The Labute approximate surface area is 80.0 Å². The summed E-state index contributed by atoms with van der Waals surface area (Å²) < 4.78 is 36.3. The van der Waals surface area contributed by atoms with E-state index in [4.69, 9.17) is 6.42 Å². The van der Waals surface area contributed by atoms with E-state index in [2.05, 4.69) is 10.9 Å². The molecule has 0 amide bonds. The Balaban J connectivity index is 2.96. The minimum absolute atomic E-state index is 0.218. The van der Waals surface area contributed by atoms with Crippen LogP contribution in [0.1, 0.15) is 24.1 Å².